The molecule has 0 radical (unpaired) electrons. The molecule has 1 aromatic heterocycles. The van der Waals surface area contributed by atoms with E-state index in [4.69, 9.17) is 9.47 Å². The first-order valence-electron chi connectivity index (χ1n) is 8.25. The second-order valence-electron chi connectivity index (χ2n) is 6.07. The van der Waals surface area contributed by atoms with Crippen molar-refractivity contribution in [2.45, 2.75) is 44.3 Å². The Balaban J connectivity index is 1.78. The largest absolute Gasteiger partial charge is 0.455 e. The number of carbonyl (C=O) groups excluding carboxylic acids is 2. The summed E-state index contributed by atoms with van der Waals surface area (Å²) in [4.78, 5) is 23.5. The molecule has 0 unspecified atom stereocenters. The van der Waals surface area contributed by atoms with Crippen molar-refractivity contribution in [3.8, 4) is 0 Å². The van der Waals surface area contributed by atoms with E-state index in [-0.39, 0.29) is 6.61 Å². The van der Waals surface area contributed by atoms with Crippen molar-refractivity contribution in [2.24, 2.45) is 0 Å². The molecule has 5 nitrogen and oxygen atoms in total. The lowest BCUT2D eigenvalue weighted by Crippen LogP contribution is -2.35. The van der Waals surface area contributed by atoms with Gasteiger partial charge in [0.2, 0.25) is 0 Å². The van der Waals surface area contributed by atoms with Crippen LogP contribution in [0.4, 0.5) is 4.79 Å². The van der Waals surface area contributed by atoms with E-state index in [0.717, 1.165) is 37.7 Å². The second-order valence-corrected chi connectivity index (χ2v) is 6.07. The van der Waals surface area contributed by atoms with Gasteiger partial charge in [-0.05, 0) is 43.4 Å². The summed E-state index contributed by atoms with van der Waals surface area (Å²) < 4.78 is 12.3. The van der Waals surface area contributed by atoms with Crippen LogP contribution in [-0.2, 0) is 26.5 Å². The Labute approximate surface area is 141 Å². The van der Waals surface area contributed by atoms with Crippen LogP contribution >= 0.6 is 0 Å². The van der Waals surface area contributed by atoms with Crippen molar-refractivity contribution in [2.75, 3.05) is 0 Å². The summed E-state index contributed by atoms with van der Waals surface area (Å²) in [5, 5.41) is 0. The number of benzene rings is 1. The molecule has 0 aliphatic heterocycles. The first-order chi connectivity index (χ1) is 11.7. The molecule has 126 valence electrons. The van der Waals surface area contributed by atoms with Gasteiger partial charge < -0.3 is 9.47 Å². The van der Waals surface area contributed by atoms with Crippen LogP contribution in [0, 0.1) is 0 Å². The van der Waals surface area contributed by atoms with Gasteiger partial charge in [0.1, 0.15) is 6.61 Å². The maximum absolute atomic E-state index is 12.5. The van der Waals surface area contributed by atoms with Crippen LogP contribution in [0.3, 0.4) is 0 Å². The summed E-state index contributed by atoms with van der Waals surface area (Å²) in [5.41, 5.74) is 0.887. The summed E-state index contributed by atoms with van der Waals surface area (Å²) in [6.07, 6.45) is 5.70. The van der Waals surface area contributed by atoms with Gasteiger partial charge in [-0.1, -0.05) is 36.8 Å². The molecule has 1 saturated carbocycles. The molecule has 1 aliphatic rings. The third-order valence-corrected chi connectivity index (χ3v) is 4.55. The molecule has 2 aromatic rings. The Bertz CT molecular complexity index is 686. The fraction of sp³-hybridized carbons (Fsp3) is 0.368. The minimum absolute atomic E-state index is 0.207. The van der Waals surface area contributed by atoms with Gasteiger partial charge in [0.15, 0.2) is 5.60 Å². The van der Waals surface area contributed by atoms with Crippen LogP contribution in [0.5, 0.6) is 0 Å². The van der Waals surface area contributed by atoms with Crippen LogP contribution in [0.2, 0.25) is 0 Å². The molecule has 1 heterocycles. The Hall–Kier alpha value is -2.56. The van der Waals surface area contributed by atoms with Gasteiger partial charge in [-0.3, -0.25) is 9.36 Å². The molecule has 0 amide bonds. The third kappa shape index (κ3) is 3.35. The first kappa shape index (κ1) is 16.3. The van der Waals surface area contributed by atoms with E-state index in [9.17, 15) is 9.59 Å². The van der Waals surface area contributed by atoms with E-state index in [2.05, 4.69) is 0 Å². The van der Waals surface area contributed by atoms with E-state index in [1.54, 1.807) is 12.3 Å². The standard InChI is InChI=1S/C19H21NO4/c21-15-24-19(11-5-2-6-12-19)17-10-7-13-20(17)18(22)23-14-16-8-3-1-4-9-16/h1,3-4,7-10,13,15H,2,5-6,11-12,14H2. The Morgan fingerprint density at radius 1 is 1.08 bits per heavy atom. The van der Waals surface area contributed by atoms with Crippen LogP contribution in [0.15, 0.2) is 48.7 Å². The Morgan fingerprint density at radius 2 is 1.83 bits per heavy atom. The molecule has 1 aliphatic carbocycles. The van der Waals surface area contributed by atoms with E-state index in [0.29, 0.717) is 12.2 Å². The van der Waals surface area contributed by atoms with Gasteiger partial charge in [-0.15, -0.1) is 0 Å². The fourth-order valence-corrected chi connectivity index (χ4v) is 3.35. The lowest BCUT2D eigenvalue weighted by molar-refractivity contribution is -0.149. The molecule has 5 heteroatoms. The van der Waals surface area contributed by atoms with Crippen LogP contribution in [-0.4, -0.2) is 17.1 Å². The summed E-state index contributed by atoms with van der Waals surface area (Å²) in [5.74, 6) is 0. The lowest BCUT2D eigenvalue weighted by Gasteiger charge is -2.35. The van der Waals surface area contributed by atoms with Crippen molar-refractivity contribution >= 4 is 12.6 Å². The number of nitrogens with zero attached hydrogens (tertiary/aromatic N) is 1. The van der Waals surface area contributed by atoms with Crippen molar-refractivity contribution in [3.63, 3.8) is 0 Å². The highest BCUT2D eigenvalue weighted by atomic mass is 16.6. The summed E-state index contributed by atoms with van der Waals surface area (Å²) in [6, 6.07) is 13.1. The van der Waals surface area contributed by atoms with E-state index in [1.807, 2.05) is 36.4 Å². The zero-order chi connectivity index (χ0) is 16.8. The Morgan fingerprint density at radius 3 is 2.54 bits per heavy atom. The van der Waals surface area contributed by atoms with Gasteiger partial charge in [-0.2, -0.15) is 0 Å². The van der Waals surface area contributed by atoms with Crippen molar-refractivity contribution in [3.05, 3.63) is 59.9 Å². The smallest absolute Gasteiger partial charge is 0.418 e. The topological polar surface area (TPSA) is 57.5 Å². The maximum Gasteiger partial charge on any atom is 0.418 e. The van der Waals surface area contributed by atoms with E-state index in [1.165, 1.54) is 4.57 Å². The normalized spacial score (nSPS) is 16.3. The second kappa shape index (κ2) is 7.34. The van der Waals surface area contributed by atoms with E-state index < -0.39 is 11.7 Å². The summed E-state index contributed by atoms with van der Waals surface area (Å²) >= 11 is 0. The molecule has 24 heavy (non-hydrogen) atoms. The van der Waals surface area contributed by atoms with Gasteiger partial charge in [0.25, 0.3) is 6.47 Å². The number of aromatic nitrogens is 1. The van der Waals surface area contributed by atoms with Gasteiger partial charge >= 0.3 is 6.09 Å². The third-order valence-electron chi connectivity index (χ3n) is 4.55. The lowest BCUT2D eigenvalue weighted by atomic mass is 9.82. The molecule has 1 fully saturated rings. The van der Waals surface area contributed by atoms with Crippen molar-refractivity contribution < 1.29 is 19.1 Å². The van der Waals surface area contributed by atoms with Crippen LogP contribution in [0.25, 0.3) is 0 Å². The van der Waals surface area contributed by atoms with Crippen LogP contribution in [0.1, 0.15) is 43.4 Å². The van der Waals surface area contributed by atoms with Crippen molar-refractivity contribution in [1.82, 2.24) is 4.57 Å². The van der Waals surface area contributed by atoms with E-state index >= 15 is 0 Å². The average Bonchev–Trinajstić information content (AvgIpc) is 3.12. The number of ether oxygens (including phenoxy) is 2. The highest BCUT2D eigenvalue weighted by Crippen LogP contribution is 2.40. The molecule has 0 saturated heterocycles. The number of hydrogen-bond acceptors (Lipinski definition) is 4. The number of carbonyl (C=O) groups is 2. The van der Waals surface area contributed by atoms with Crippen LogP contribution < -0.4 is 0 Å². The maximum atomic E-state index is 12.5. The highest BCUT2D eigenvalue weighted by Gasteiger charge is 2.39. The average molecular weight is 327 g/mol. The van der Waals surface area contributed by atoms with Gasteiger partial charge in [0.05, 0.1) is 5.69 Å². The summed E-state index contributed by atoms with van der Waals surface area (Å²) in [6.45, 7) is 0.691. The first-order valence-corrected chi connectivity index (χ1v) is 8.25. The fourth-order valence-electron chi connectivity index (χ4n) is 3.35. The molecule has 0 N–H and O–H groups in total. The number of rotatable bonds is 5. The minimum Gasteiger partial charge on any atom is -0.455 e. The predicted molar refractivity (Wildman–Crippen MR) is 88.4 cm³/mol. The van der Waals surface area contributed by atoms with Gasteiger partial charge in [-0.25, -0.2) is 4.79 Å². The predicted octanol–water partition coefficient (Wildman–Crippen LogP) is 4.01. The number of hydrogen-bond donors (Lipinski definition) is 0. The molecule has 1 aromatic carbocycles. The van der Waals surface area contributed by atoms with Gasteiger partial charge in [0, 0.05) is 6.20 Å². The molecular formula is C19H21NO4. The zero-order valence-corrected chi connectivity index (χ0v) is 13.5. The Kier molecular flexibility index (Phi) is 4.99. The quantitative estimate of drug-likeness (QED) is 0.779. The molecule has 0 atom stereocenters. The van der Waals surface area contributed by atoms with Crippen molar-refractivity contribution in [1.29, 1.82) is 0 Å². The monoisotopic (exact) mass is 327 g/mol. The molecule has 3 rings (SSSR count). The zero-order valence-electron chi connectivity index (χ0n) is 13.5. The highest BCUT2D eigenvalue weighted by molar-refractivity contribution is 5.72. The molecule has 0 bridgehead atoms. The minimum atomic E-state index is -0.727. The SMILES string of the molecule is O=COC1(c2cccn2C(=O)OCc2ccccc2)CCCCC1. The molecule has 0 spiro atoms. The summed E-state index contributed by atoms with van der Waals surface area (Å²) in [7, 11) is 0. The molecular weight excluding hydrogens is 306 g/mol.